The second kappa shape index (κ2) is 7.16. The molecule has 0 spiro atoms. The van der Waals surface area contributed by atoms with Gasteiger partial charge in [0.15, 0.2) is 0 Å². The van der Waals surface area contributed by atoms with Crippen LogP contribution in [0.3, 0.4) is 0 Å². The second-order valence-corrected chi connectivity index (χ2v) is 9.69. The van der Waals surface area contributed by atoms with Crippen LogP contribution in [-0.4, -0.2) is 24.4 Å². The van der Waals surface area contributed by atoms with Gasteiger partial charge in [0, 0.05) is 22.2 Å². The molecule has 5 rings (SSSR count). The first-order chi connectivity index (χ1) is 14.9. The predicted octanol–water partition coefficient (Wildman–Crippen LogP) is 6.12. The first-order valence-electron chi connectivity index (χ1n) is 11.1. The zero-order valence-corrected chi connectivity index (χ0v) is 18.8. The van der Waals surface area contributed by atoms with Crippen LogP contribution in [0.1, 0.15) is 57.3 Å². The molecule has 2 aromatic carbocycles. The highest BCUT2D eigenvalue weighted by atomic mass is 16.5. The summed E-state index contributed by atoms with van der Waals surface area (Å²) in [6, 6.07) is 10.3. The number of hydrogen-bond acceptors (Lipinski definition) is 4. The third kappa shape index (κ3) is 3.08. The number of methoxy groups -OCH3 is 1. The fourth-order valence-corrected chi connectivity index (χ4v) is 5.67. The standard InChI is InChI=1S/C27H31NO3/c1-17-15-26(2,3)28-19-12-11-18-23-20(30-4)9-8-10-21(23)31-25(24(18)22(17)19)27(16-29)13-6-5-7-14-27/h5-6,8-12,15,25,28-29H,7,13-14,16H2,1-4H3/t25-,27?/m1/s1. The lowest BCUT2D eigenvalue weighted by atomic mass is 9.67. The molecule has 162 valence electrons. The van der Waals surface area contributed by atoms with E-state index in [1.165, 1.54) is 11.1 Å². The van der Waals surface area contributed by atoms with Crippen LogP contribution in [0.4, 0.5) is 5.69 Å². The number of benzene rings is 2. The van der Waals surface area contributed by atoms with Crippen LogP contribution in [0.25, 0.3) is 16.7 Å². The van der Waals surface area contributed by atoms with E-state index in [2.05, 4.69) is 56.4 Å². The molecule has 2 aliphatic heterocycles. The second-order valence-electron chi connectivity index (χ2n) is 9.69. The van der Waals surface area contributed by atoms with E-state index < -0.39 is 0 Å². The highest BCUT2D eigenvalue weighted by Crippen LogP contribution is 2.57. The molecule has 0 radical (unpaired) electrons. The van der Waals surface area contributed by atoms with Gasteiger partial charge in [-0.2, -0.15) is 0 Å². The summed E-state index contributed by atoms with van der Waals surface area (Å²) >= 11 is 0. The van der Waals surface area contributed by atoms with Gasteiger partial charge in [0.25, 0.3) is 0 Å². The first kappa shape index (κ1) is 20.2. The SMILES string of the molecule is COc1cccc2c1-c1ccc3c(c1[C@H](C1(CO)CC=CCC1)O2)C(C)=CC(C)(C)N3. The van der Waals surface area contributed by atoms with Crippen molar-refractivity contribution in [2.45, 2.75) is 51.7 Å². The topological polar surface area (TPSA) is 50.7 Å². The molecular weight excluding hydrogens is 386 g/mol. The molecule has 3 aliphatic rings. The van der Waals surface area contributed by atoms with E-state index in [0.717, 1.165) is 53.1 Å². The molecule has 1 unspecified atom stereocenters. The predicted molar refractivity (Wildman–Crippen MR) is 126 cm³/mol. The number of fused-ring (bicyclic) bond motifs is 5. The minimum absolute atomic E-state index is 0.0894. The maximum absolute atomic E-state index is 10.7. The monoisotopic (exact) mass is 417 g/mol. The molecule has 2 aromatic rings. The third-order valence-corrected chi connectivity index (χ3v) is 7.03. The molecule has 0 saturated carbocycles. The average molecular weight is 418 g/mol. The Labute approximate surface area is 184 Å². The number of ether oxygens (including phenoxy) is 2. The van der Waals surface area contributed by atoms with Crippen molar-refractivity contribution in [1.82, 2.24) is 0 Å². The van der Waals surface area contributed by atoms with Crippen molar-refractivity contribution in [3.63, 3.8) is 0 Å². The lowest BCUT2D eigenvalue weighted by Gasteiger charge is -2.45. The minimum atomic E-state index is -0.355. The van der Waals surface area contributed by atoms with E-state index >= 15 is 0 Å². The summed E-state index contributed by atoms with van der Waals surface area (Å²) in [5.41, 5.74) is 6.38. The summed E-state index contributed by atoms with van der Waals surface area (Å²) in [4.78, 5) is 0. The molecule has 31 heavy (non-hydrogen) atoms. The van der Waals surface area contributed by atoms with Crippen molar-refractivity contribution in [1.29, 1.82) is 0 Å². The summed E-state index contributed by atoms with van der Waals surface area (Å²) in [6.07, 6.45) is 9.12. The van der Waals surface area contributed by atoms with Crippen molar-refractivity contribution < 1.29 is 14.6 Å². The maximum atomic E-state index is 10.7. The van der Waals surface area contributed by atoms with E-state index in [9.17, 15) is 5.11 Å². The molecule has 0 aromatic heterocycles. The molecule has 0 amide bonds. The van der Waals surface area contributed by atoms with Gasteiger partial charge in [0.1, 0.15) is 17.6 Å². The first-order valence-corrected chi connectivity index (χ1v) is 11.1. The molecule has 0 bridgehead atoms. The minimum Gasteiger partial charge on any atom is -0.496 e. The number of aliphatic hydroxyl groups is 1. The highest BCUT2D eigenvalue weighted by Gasteiger charge is 2.46. The van der Waals surface area contributed by atoms with Crippen molar-refractivity contribution in [3.05, 3.63) is 59.7 Å². The van der Waals surface area contributed by atoms with Gasteiger partial charge in [-0.05, 0) is 69.4 Å². The van der Waals surface area contributed by atoms with Gasteiger partial charge in [-0.25, -0.2) is 0 Å². The van der Waals surface area contributed by atoms with Crippen LogP contribution >= 0.6 is 0 Å². The normalized spacial score (nSPS) is 25.3. The summed E-state index contributed by atoms with van der Waals surface area (Å²) in [6.45, 7) is 6.65. The Hall–Kier alpha value is -2.72. The van der Waals surface area contributed by atoms with Gasteiger partial charge in [-0.1, -0.05) is 30.4 Å². The Morgan fingerprint density at radius 1 is 1.16 bits per heavy atom. The van der Waals surface area contributed by atoms with Crippen molar-refractivity contribution in [2.75, 3.05) is 19.0 Å². The van der Waals surface area contributed by atoms with E-state index in [0.29, 0.717) is 0 Å². The van der Waals surface area contributed by atoms with Crippen LogP contribution in [0.15, 0.2) is 48.6 Å². The fourth-order valence-electron chi connectivity index (χ4n) is 5.67. The summed E-state index contributed by atoms with van der Waals surface area (Å²) in [7, 11) is 1.70. The number of nitrogens with one attached hydrogen (secondary N) is 1. The number of aliphatic hydroxyl groups excluding tert-OH is 1. The Kier molecular flexibility index (Phi) is 4.67. The summed E-state index contributed by atoms with van der Waals surface area (Å²) < 4.78 is 12.5. The molecular formula is C27H31NO3. The fraction of sp³-hybridized carbons (Fsp3) is 0.407. The number of rotatable bonds is 3. The molecule has 1 aliphatic carbocycles. The van der Waals surface area contributed by atoms with Crippen molar-refractivity contribution in [3.8, 4) is 22.6 Å². The van der Waals surface area contributed by atoms with Crippen LogP contribution in [0.2, 0.25) is 0 Å². The Morgan fingerprint density at radius 2 is 2.00 bits per heavy atom. The zero-order chi connectivity index (χ0) is 21.8. The maximum Gasteiger partial charge on any atom is 0.133 e. The van der Waals surface area contributed by atoms with Crippen LogP contribution in [0.5, 0.6) is 11.5 Å². The van der Waals surface area contributed by atoms with E-state index in [1.54, 1.807) is 7.11 Å². The molecule has 2 N–H and O–H groups in total. The number of anilines is 1. The van der Waals surface area contributed by atoms with E-state index in [1.807, 2.05) is 18.2 Å². The molecule has 4 nitrogen and oxygen atoms in total. The molecule has 2 heterocycles. The van der Waals surface area contributed by atoms with Crippen LogP contribution in [0, 0.1) is 5.41 Å². The third-order valence-electron chi connectivity index (χ3n) is 7.03. The van der Waals surface area contributed by atoms with Crippen LogP contribution < -0.4 is 14.8 Å². The van der Waals surface area contributed by atoms with E-state index in [4.69, 9.17) is 9.47 Å². The van der Waals surface area contributed by atoms with Crippen LogP contribution in [-0.2, 0) is 0 Å². The average Bonchev–Trinajstić information content (AvgIpc) is 2.77. The summed E-state index contributed by atoms with van der Waals surface area (Å²) in [5.74, 6) is 1.63. The Morgan fingerprint density at radius 3 is 2.71 bits per heavy atom. The lowest BCUT2D eigenvalue weighted by molar-refractivity contribution is -0.0120. The molecule has 0 saturated heterocycles. The van der Waals surface area contributed by atoms with Gasteiger partial charge in [-0.15, -0.1) is 0 Å². The van der Waals surface area contributed by atoms with E-state index in [-0.39, 0.29) is 23.7 Å². The van der Waals surface area contributed by atoms with Crippen molar-refractivity contribution >= 4 is 11.3 Å². The zero-order valence-electron chi connectivity index (χ0n) is 18.8. The highest BCUT2D eigenvalue weighted by molar-refractivity contribution is 5.91. The van der Waals surface area contributed by atoms with Crippen molar-refractivity contribution in [2.24, 2.45) is 5.41 Å². The summed E-state index contributed by atoms with van der Waals surface area (Å²) in [5, 5.41) is 14.3. The van der Waals surface area contributed by atoms with Gasteiger partial charge in [0.2, 0.25) is 0 Å². The number of hydrogen-bond donors (Lipinski definition) is 2. The van der Waals surface area contributed by atoms with Gasteiger partial charge in [0.05, 0.1) is 24.8 Å². The van der Waals surface area contributed by atoms with Gasteiger partial charge >= 0.3 is 0 Å². The Balaban J connectivity index is 1.81. The van der Waals surface area contributed by atoms with Gasteiger partial charge in [-0.3, -0.25) is 0 Å². The largest absolute Gasteiger partial charge is 0.496 e. The molecule has 4 heteroatoms. The Bertz CT molecular complexity index is 1100. The molecule has 0 fully saturated rings. The smallest absolute Gasteiger partial charge is 0.133 e. The lowest BCUT2D eigenvalue weighted by Crippen LogP contribution is -2.40. The number of allylic oxidation sites excluding steroid dienone is 3. The quantitative estimate of drug-likeness (QED) is 0.591. The van der Waals surface area contributed by atoms with Gasteiger partial charge < -0.3 is 19.9 Å². The molecule has 2 atom stereocenters.